The minimum Gasteiger partial charge on any atom is -0.394 e. The SMILES string of the molecule is CC(C=CC1C(C)CC(OC2OC(CO)C(O)C(O)C2O)CC1(C)C)OC1OC(CO)C(O)C(O)C1O. The van der Waals surface area contributed by atoms with Gasteiger partial charge in [-0.25, -0.2) is 0 Å². The highest BCUT2D eigenvalue weighted by molar-refractivity contribution is 5.04. The first-order valence-corrected chi connectivity index (χ1v) is 12.9. The Kier molecular flexibility index (Phi) is 10.5. The van der Waals surface area contributed by atoms with Gasteiger partial charge >= 0.3 is 0 Å². The fourth-order valence-corrected chi connectivity index (χ4v) is 5.77. The zero-order valence-electron chi connectivity index (χ0n) is 21.8. The Morgan fingerprint density at radius 1 is 0.838 bits per heavy atom. The minimum absolute atomic E-state index is 0.114. The second kappa shape index (κ2) is 12.6. The molecular weight excluding hydrogens is 492 g/mol. The van der Waals surface area contributed by atoms with E-state index in [1.807, 2.05) is 12.2 Å². The van der Waals surface area contributed by atoms with Crippen LogP contribution in [0.1, 0.15) is 40.5 Å². The second-order valence-corrected chi connectivity index (χ2v) is 11.3. The smallest absolute Gasteiger partial charge is 0.187 e. The summed E-state index contributed by atoms with van der Waals surface area (Å²) in [5.74, 6) is 0.261. The van der Waals surface area contributed by atoms with E-state index in [0.29, 0.717) is 12.8 Å². The molecule has 0 aromatic carbocycles. The van der Waals surface area contributed by atoms with Crippen molar-refractivity contribution in [3.8, 4) is 0 Å². The van der Waals surface area contributed by atoms with Gasteiger partial charge in [-0.3, -0.25) is 0 Å². The van der Waals surface area contributed by atoms with Crippen LogP contribution in [0.3, 0.4) is 0 Å². The van der Waals surface area contributed by atoms with E-state index in [-0.39, 0.29) is 23.4 Å². The fourth-order valence-electron chi connectivity index (χ4n) is 5.77. The van der Waals surface area contributed by atoms with Crippen LogP contribution in [0, 0.1) is 17.3 Å². The van der Waals surface area contributed by atoms with Crippen LogP contribution in [0.4, 0.5) is 0 Å². The van der Waals surface area contributed by atoms with Gasteiger partial charge in [0, 0.05) is 0 Å². The normalized spacial score (nSPS) is 47.7. The Morgan fingerprint density at radius 3 is 1.86 bits per heavy atom. The predicted molar refractivity (Wildman–Crippen MR) is 128 cm³/mol. The summed E-state index contributed by atoms with van der Waals surface area (Å²) >= 11 is 0. The molecule has 3 fully saturated rings. The van der Waals surface area contributed by atoms with Crippen molar-refractivity contribution in [1.82, 2.24) is 0 Å². The monoisotopic (exact) mass is 536 g/mol. The molecule has 0 amide bonds. The van der Waals surface area contributed by atoms with Gasteiger partial charge in [-0.15, -0.1) is 0 Å². The lowest BCUT2D eigenvalue weighted by Crippen LogP contribution is -2.60. The summed E-state index contributed by atoms with van der Waals surface area (Å²) in [7, 11) is 0. The van der Waals surface area contributed by atoms with Gasteiger partial charge in [-0.1, -0.05) is 32.9 Å². The summed E-state index contributed by atoms with van der Waals surface area (Å²) in [6.45, 7) is 6.95. The van der Waals surface area contributed by atoms with E-state index < -0.39 is 80.7 Å². The van der Waals surface area contributed by atoms with Gasteiger partial charge in [0.2, 0.25) is 0 Å². The van der Waals surface area contributed by atoms with Gasteiger partial charge in [-0.2, -0.15) is 0 Å². The van der Waals surface area contributed by atoms with Crippen molar-refractivity contribution in [2.24, 2.45) is 17.3 Å². The molecule has 12 nitrogen and oxygen atoms in total. The van der Waals surface area contributed by atoms with Gasteiger partial charge in [-0.05, 0) is 37.0 Å². The first-order valence-electron chi connectivity index (χ1n) is 12.9. The first-order chi connectivity index (χ1) is 17.3. The summed E-state index contributed by atoms with van der Waals surface area (Å²) in [6.07, 6.45) is -8.97. The molecular formula is C25H44O12. The number of aliphatic hydroxyl groups excluding tert-OH is 8. The van der Waals surface area contributed by atoms with Crippen molar-refractivity contribution >= 4 is 0 Å². The number of hydrogen-bond donors (Lipinski definition) is 8. The number of allylic oxidation sites excluding steroid dienone is 1. The van der Waals surface area contributed by atoms with Crippen molar-refractivity contribution in [3.05, 3.63) is 12.2 Å². The van der Waals surface area contributed by atoms with Crippen molar-refractivity contribution in [3.63, 3.8) is 0 Å². The van der Waals surface area contributed by atoms with Crippen LogP contribution in [-0.4, -0.2) is 128 Å². The van der Waals surface area contributed by atoms with E-state index in [2.05, 4.69) is 20.8 Å². The summed E-state index contributed by atoms with van der Waals surface area (Å²) < 4.78 is 22.7. The topological polar surface area (TPSA) is 199 Å². The van der Waals surface area contributed by atoms with Crippen molar-refractivity contribution in [2.45, 2.75) is 114 Å². The molecule has 0 aromatic rings. The summed E-state index contributed by atoms with van der Waals surface area (Å²) in [6, 6.07) is 0. The maximum Gasteiger partial charge on any atom is 0.187 e. The van der Waals surface area contributed by atoms with Crippen LogP contribution in [0.15, 0.2) is 12.2 Å². The Labute approximate surface area is 217 Å². The molecule has 0 bridgehead atoms. The highest BCUT2D eigenvalue weighted by Gasteiger charge is 2.48. The van der Waals surface area contributed by atoms with E-state index in [9.17, 15) is 40.9 Å². The standard InChI is InChI=1S/C25H44O12/c1-11-7-13(35-24-22(33)20(31)18(29)16(10-27)37-24)8-25(3,4)14(11)6-5-12(2)34-23-21(32)19(30)17(28)15(9-26)36-23/h5-6,11-24,26-33H,7-10H2,1-4H3. The van der Waals surface area contributed by atoms with Crippen LogP contribution in [0.25, 0.3) is 0 Å². The zero-order chi connectivity index (χ0) is 27.7. The molecule has 1 saturated carbocycles. The van der Waals surface area contributed by atoms with Crippen molar-refractivity contribution in [2.75, 3.05) is 13.2 Å². The maximum absolute atomic E-state index is 10.3. The summed E-state index contributed by atoms with van der Waals surface area (Å²) in [5, 5.41) is 79.2. The molecule has 8 N–H and O–H groups in total. The quantitative estimate of drug-likeness (QED) is 0.159. The third-order valence-corrected chi connectivity index (χ3v) is 7.87. The van der Waals surface area contributed by atoms with Crippen molar-refractivity contribution < 1.29 is 59.8 Å². The molecule has 14 unspecified atom stereocenters. The van der Waals surface area contributed by atoms with E-state index in [0.717, 1.165) is 0 Å². The third kappa shape index (κ3) is 6.89. The number of rotatable bonds is 8. The van der Waals surface area contributed by atoms with Gasteiger partial charge in [0.15, 0.2) is 12.6 Å². The van der Waals surface area contributed by atoms with Gasteiger partial charge in [0.25, 0.3) is 0 Å². The maximum atomic E-state index is 10.3. The Bertz CT molecular complexity index is 745. The second-order valence-electron chi connectivity index (χ2n) is 11.3. The molecule has 0 aromatic heterocycles. The zero-order valence-corrected chi connectivity index (χ0v) is 21.8. The molecule has 0 radical (unpaired) electrons. The number of ether oxygens (including phenoxy) is 4. The lowest BCUT2D eigenvalue weighted by Gasteiger charge is -2.47. The van der Waals surface area contributed by atoms with E-state index in [1.165, 1.54) is 0 Å². The van der Waals surface area contributed by atoms with Crippen LogP contribution in [-0.2, 0) is 18.9 Å². The fraction of sp³-hybridized carbons (Fsp3) is 0.920. The Balaban J connectivity index is 1.59. The highest BCUT2D eigenvalue weighted by atomic mass is 16.7. The van der Waals surface area contributed by atoms with Crippen LogP contribution < -0.4 is 0 Å². The van der Waals surface area contributed by atoms with Crippen LogP contribution in [0.5, 0.6) is 0 Å². The van der Waals surface area contributed by atoms with Crippen LogP contribution in [0.2, 0.25) is 0 Å². The number of aliphatic hydroxyl groups is 8. The Hall–Kier alpha value is -0.740. The average molecular weight is 537 g/mol. The molecule has 1 aliphatic carbocycles. The molecule has 14 atom stereocenters. The Morgan fingerprint density at radius 2 is 1.35 bits per heavy atom. The lowest BCUT2D eigenvalue weighted by molar-refractivity contribution is -0.316. The third-order valence-electron chi connectivity index (χ3n) is 7.87. The molecule has 3 aliphatic rings. The van der Waals surface area contributed by atoms with E-state index in [4.69, 9.17) is 18.9 Å². The molecule has 2 saturated heterocycles. The molecule has 2 aliphatic heterocycles. The van der Waals surface area contributed by atoms with E-state index >= 15 is 0 Å². The predicted octanol–water partition coefficient (Wildman–Crippen LogP) is -1.99. The molecule has 216 valence electrons. The average Bonchev–Trinajstić information content (AvgIpc) is 2.83. The lowest BCUT2D eigenvalue weighted by atomic mass is 9.63. The van der Waals surface area contributed by atoms with Crippen LogP contribution >= 0.6 is 0 Å². The van der Waals surface area contributed by atoms with Crippen molar-refractivity contribution in [1.29, 1.82) is 0 Å². The highest BCUT2D eigenvalue weighted by Crippen LogP contribution is 2.46. The summed E-state index contributed by atoms with van der Waals surface area (Å²) in [4.78, 5) is 0. The molecule has 0 spiro atoms. The number of hydrogen-bond acceptors (Lipinski definition) is 12. The molecule has 37 heavy (non-hydrogen) atoms. The molecule has 2 heterocycles. The van der Waals surface area contributed by atoms with Gasteiger partial charge < -0.3 is 59.8 Å². The molecule has 3 rings (SSSR count). The summed E-state index contributed by atoms with van der Waals surface area (Å²) in [5.41, 5.74) is -0.240. The largest absolute Gasteiger partial charge is 0.394 e. The van der Waals surface area contributed by atoms with Gasteiger partial charge in [0.1, 0.15) is 48.8 Å². The first kappa shape index (κ1) is 30.8. The molecule has 12 heteroatoms. The van der Waals surface area contributed by atoms with Gasteiger partial charge in [0.05, 0.1) is 25.4 Å². The minimum atomic E-state index is -1.51. The van der Waals surface area contributed by atoms with E-state index in [1.54, 1.807) is 6.92 Å².